The van der Waals surface area contributed by atoms with Crippen LogP contribution in [0.4, 0.5) is 0 Å². The number of aryl methyl sites for hydroxylation is 1. The SMILES string of the molecule is Cc1ccsc1C=c1sc2nc(=O)c(Cc3ccccc3)nn2c1=O. The lowest BCUT2D eigenvalue weighted by atomic mass is 10.1. The molecule has 0 aliphatic carbocycles. The summed E-state index contributed by atoms with van der Waals surface area (Å²) in [7, 11) is 0. The van der Waals surface area contributed by atoms with Crippen LogP contribution >= 0.6 is 22.7 Å². The Labute approximate surface area is 150 Å². The molecule has 4 aromatic rings. The standard InChI is InChI=1S/C18H13N3O2S2/c1-11-7-8-24-14(11)10-15-17(23)21-18(25-15)19-16(22)13(20-21)9-12-5-3-2-4-6-12/h2-8,10H,9H2,1H3. The first-order valence-electron chi connectivity index (χ1n) is 7.64. The summed E-state index contributed by atoms with van der Waals surface area (Å²) in [5.74, 6) is 0. The fourth-order valence-electron chi connectivity index (χ4n) is 2.49. The Morgan fingerprint density at radius 3 is 2.68 bits per heavy atom. The van der Waals surface area contributed by atoms with Crippen molar-refractivity contribution in [3.8, 4) is 0 Å². The summed E-state index contributed by atoms with van der Waals surface area (Å²) in [5, 5.41) is 6.25. The Hall–Kier alpha value is -2.64. The maximum Gasteiger partial charge on any atom is 0.296 e. The van der Waals surface area contributed by atoms with E-state index in [4.69, 9.17) is 0 Å². The Morgan fingerprint density at radius 1 is 1.16 bits per heavy atom. The molecule has 0 unspecified atom stereocenters. The number of nitrogens with zero attached hydrogens (tertiary/aromatic N) is 3. The topological polar surface area (TPSA) is 64.3 Å². The minimum Gasteiger partial charge on any atom is -0.266 e. The Kier molecular flexibility index (Phi) is 4.03. The van der Waals surface area contributed by atoms with E-state index in [1.165, 1.54) is 15.9 Å². The lowest BCUT2D eigenvalue weighted by Gasteiger charge is -1.99. The van der Waals surface area contributed by atoms with Crippen molar-refractivity contribution in [2.45, 2.75) is 13.3 Å². The van der Waals surface area contributed by atoms with Crippen molar-refractivity contribution < 1.29 is 0 Å². The quantitative estimate of drug-likeness (QED) is 0.556. The first-order valence-corrected chi connectivity index (χ1v) is 9.34. The van der Waals surface area contributed by atoms with Gasteiger partial charge in [0, 0.05) is 11.3 Å². The van der Waals surface area contributed by atoms with Gasteiger partial charge >= 0.3 is 0 Å². The molecule has 0 amide bonds. The van der Waals surface area contributed by atoms with Crippen LogP contribution in [0.25, 0.3) is 11.0 Å². The smallest absolute Gasteiger partial charge is 0.266 e. The fraction of sp³-hybridized carbons (Fsp3) is 0.111. The molecule has 3 aromatic heterocycles. The molecule has 1 aromatic carbocycles. The summed E-state index contributed by atoms with van der Waals surface area (Å²) in [6, 6.07) is 11.6. The van der Waals surface area contributed by atoms with Gasteiger partial charge < -0.3 is 0 Å². The molecule has 5 nitrogen and oxygen atoms in total. The van der Waals surface area contributed by atoms with Gasteiger partial charge in [-0.05, 0) is 35.6 Å². The number of benzene rings is 1. The zero-order chi connectivity index (χ0) is 17.4. The van der Waals surface area contributed by atoms with Gasteiger partial charge in [-0.2, -0.15) is 14.6 Å². The van der Waals surface area contributed by atoms with Crippen molar-refractivity contribution in [3.63, 3.8) is 0 Å². The van der Waals surface area contributed by atoms with E-state index in [0.29, 0.717) is 15.9 Å². The van der Waals surface area contributed by atoms with Crippen LogP contribution in [0.5, 0.6) is 0 Å². The molecule has 124 valence electrons. The van der Waals surface area contributed by atoms with Crippen LogP contribution in [0.15, 0.2) is 51.4 Å². The van der Waals surface area contributed by atoms with Crippen LogP contribution in [-0.4, -0.2) is 14.6 Å². The van der Waals surface area contributed by atoms with E-state index in [1.54, 1.807) is 11.3 Å². The van der Waals surface area contributed by atoms with E-state index in [1.807, 2.05) is 54.8 Å². The molecule has 0 radical (unpaired) electrons. The highest BCUT2D eigenvalue weighted by atomic mass is 32.1. The predicted octanol–water partition coefficient (Wildman–Crippen LogP) is 2.02. The Bertz CT molecular complexity index is 1220. The number of thiophene rings is 1. The van der Waals surface area contributed by atoms with Gasteiger partial charge in [-0.15, -0.1) is 11.3 Å². The number of hydrogen-bond acceptors (Lipinski definition) is 6. The highest BCUT2D eigenvalue weighted by molar-refractivity contribution is 7.15. The second-order valence-electron chi connectivity index (χ2n) is 5.60. The number of rotatable bonds is 3. The number of hydrogen-bond donors (Lipinski definition) is 0. The van der Waals surface area contributed by atoms with Crippen molar-refractivity contribution in [1.29, 1.82) is 0 Å². The van der Waals surface area contributed by atoms with Crippen molar-refractivity contribution >= 4 is 33.7 Å². The lowest BCUT2D eigenvalue weighted by molar-refractivity contribution is 0.811. The average molecular weight is 367 g/mol. The lowest BCUT2D eigenvalue weighted by Crippen LogP contribution is -2.28. The van der Waals surface area contributed by atoms with Crippen LogP contribution in [0.1, 0.15) is 21.7 Å². The average Bonchev–Trinajstić information content (AvgIpc) is 3.14. The molecule has 0 bridgehead atoms. The zero-order valence-corrected chi connectivity index (χ0v) is 14.9. The second kappa shape index (κ2) is 6.34. The van der Waals surface area contributed by atoms with Crippen LogP contribution in [-0.2, 0) is 6.42 Å². The van der Waals surface area contributed by atoms with Gasteiger partial charge in [0.25, 0.3) is 11.1 Å². The number of thiazole rings is 1. The van der Waals surface area contributed by atoms with E-state index in [9.17, 15) is 9.59 Å². The summed E-state index contributed by atoms with van der Waals surface area (Å²) in [6.07, 6.45) is 2.19. The van der Waals surface area contributed by atoms with Gasteiger partial charge in [0.05, 0.1) is 4.53 Å². The monoisotopic (exact) mass is 367 g/mol. The summed E-state index contributed by atoms with van der Waals surface area (Å²) in [5.41, 5.74) is 1.72. The highest BCUT2D eigenvalue weighted by Crippen LogP contribution is 2.16. The largest absolute Gasteiger partial charge is 0.296 e. The van der Waals surface area contributed by atoms with Crippen LogP contribution in [0.3, 0.4) is 0 Å². The molecule has 0 fully saturated rings. The summed E-state index contributed by atoms with van der Waals surface area (Å²) >= 11 is 2.76. The molecule has 0 saturated heterocycles. The molecule has 25 heavy (non-hydrogen) atoms. The van der Waals surface area contributed by atoms with E-state index in [0.717, 1.165) is 16.0 Å². The minimum atomic E-state index is -0.385. The number of aromatic nitrogens is 3. The van der Waals surface area contributed by atoms with Crippen molar-refractivity contribution in [2.24, 2.45) is 0 Å². The van der Waals surface area contributed by atoms with Crippen LogP contribution in [0, 0.1) is 6.92 Å². The molecule has 3 heterocycles. The Balaban J connectivity index is 1.85. The molecule has 0 spiro atoms. The summed E-state index contributed by atoms with van der Waals surface area (Å²) < 4.78 is 1.76. The van der Waals surface area contributed by atoms with Crippen molar-refractivity contribution in [3.05, 3.63) is 88.7 Å². The van der Waals surface area contributed by atoms with Crippen molar-refractivity contribution in [2.75, 3.05) is 0 Å². The highest BCUT2D eigenvalue weighted by Gasteiger charge is 2.12. The molecule has 0 saturated carbocycles. The molecule has 4 rings (SSSR count). The second-order valence-corrected chi connectivity index (χ2v) is 7.56. The third kappa shape index (κ3) is 3.04. The molecule has 0 aliphatic rings. The zero-order valence-electron chi connectivity index (χ0n) is 13.3. The van der Waals surface area contributed by atoms with E-state index in [2.05, 4.69) is 10.1 Å². The third-order valence-corrected chi connectivity index (χ3v) is 5.75. The van der Waals surface area contributed by atoms with Crippen LogP contribution in [0.2, 0.25) is 0 Å². The van der Waals surface area contributed by atoms with Crippen LogP contribution < -0.4 is 15.7 Å². The van der Waals surface area contributed by atoms with Gasteiger partial charge in [-0.3, -0.25) is 9.59 Å². The Morgan fingerprint density at radius 2 is 1.96 bits per heavy atom. The molecular formula is C18H13N3O2S2. The summed E-state index contributed by atoms with van der Waals surface area (Å²) in [6.45, 7) is 2.00. The first kappa shape index (κ1) is 15.9. The minimum absolute atomic E-state index is 0.241. The van der Waals surface area contributed by atoms with Gasteiger partial charge in [-0.25, -0.2) is 0 Å². The predicted molar refractivity (Wildman–Crippen MR) is 100 cm³/mol. The molecule has 0 N–H and O–H groups in total. The molecule has 0 atom stereocenters. The summed E-state index contributed by atoms with van der Waals surface area (Å²) in [4.78, 5) is 30.3. The van der Waals surface area contributed by atoms with Crippen molar-refractivity contribution in [1.82, 2.24) is 14.6 Å². The van der Waals surface area contributed by atoms with Gasteiger partial charge in [0.15, 0.2) is 0 Å². The maximum atomic E-state index is 12.6. The van der Waals surface area contributed by atoms with E-state index < -0.39 is 0 Å². The molecule has 0 aliphatic heterocycles. The van der Waals surface area contributed by atoms with Gasteiger partial charge in [0.2, 0.25) is 4.96 Å². The molecule has 7 heteroatoms. The maximum absolute atomic E-state index is 12.6. The fourth-order valence-corrected chi connectivity index (χ4v) is 4.31. The van der Waals surface area contributed by atoms with Gasteiger partial charge in [0.1, 0.15) is 5.69 Å². The normalized spacial score (nSPS) is 12.1. The third-order valence-electron chi connectivity index (χ3n) is 3.83. The van der Waals surface area contributed by atoms with Gasteiger partial charge in [-0.1, -0.05) is 41.7 Å². The van der Waals surface area contributed by atoms with E-state index in [-0.39, 0.29) is 16.8 Å². The molecular weight excluding hydrogens is 354 g/mol. The number of fused-ring (bicyclic) bond motifs is 1. The first-order chi connectivity index (χ1) is 12.1. The van der Waals surface area contributed by atoms with E-state index >= 15 is 0 Å².